The molecule has 0 saturated carbocycles. The summed E-state index contributed by atoms with van der Waals surface area (Å²) in [6.45, 7) is 5.03. The molecule has 3 heterocycles. The van der Waals surface area contributed by atoms with Crippen LogP contribution in [0.3, 0.4) is 0 Å². The van der Waals surface area contributed by atoms with Crippen LogP contribution >= 0.6 is 0 Å². The second-order valence-corrected chi connectivity index (χ2v) is 8.06. The molecule has 4 rings (SSSR count). The first-order valence-corrected chi connectivity index (χ1v) is 10.2. The van der Waals surface area contributed by atoms with Crippen molar-refractivity contribution in [3.05, 3.63) is 62.7 Å². The van der Waals surface area contributed by atoms with Crippen LogP contribution in [-0.4, -0.2) is 45.3 Å². The van der Waals surface area contributed by atoms with Gasteiger partial charge in [0.25, 0.3) is 11.5 Å². The van der Waals surface area contributed by atoms with E-state index in [4.69, 9.17) is 4.74 Å². The van der Waals surface area contributed by atoms with Gasteiger partial charge in [-0.2, -0.15) is 0 Å². The van der Waals surface area contributed by atoms with Gasteiger partial charge >= 0.3 is 5.69 Å². The highest BCUT2D eigenvalue weighted by atomic mass is 19.1. The normalized spacial score (nSPS) is 18.7. The van der Waals surface area contributed by atoms with Gasteiger partial charge in [0.1, 0.15) is 17.2 Å². The van der Waals surface area contributed by atoms with Crippen molar-refractivity contribution in [3.8, 4) is 0 Å². The van der Waals surface area contributed by atoms with Crippen LogP contribution in [0.4, 0.5) is 15.8 Å². The van der Waals surface area contributed by atoms with Crippen molar-refractivity contribution >= 4 is 28.3 Å². The summed E-state index contributed by atoms with van der Waals surface area (Å²) in [7, 11) is 2.85. The summed E-state index contributed by atoms with van der Waals surface area (Å²) in [5, 5.41) is 2.83. The first-order chi connectivity index (χ1) is 15.2. The van der Waals surface area contributed by atoms with E-state index in [0.29, 0.717) is 18.8 Å². The predicted molar refractivity (Wildman–Crippen MR) is 119 cm³/mol. The lowest BCUT2D eigenvalue weighted by Crippen LogP contribution is -2.45. The molecule has 9 nitrogen and oxygen atoms in total. The lowest BCUT2D eigenvalue weighted by atomic mass is 10.1. The van der Waals surface area contributed by atoms with E-state index in [-0.39, 0.29) is 34.6 Å². The number of nitrogens with one attached hydrogen (secondary N) is 1. The fourth-order valence-electron chi connectivity index (χ4n) is 3.99. The van der Waals surface area contributed by atoms with Crippen LogP contribution in [-0.2, 0) is 18.8 Å². The number of aryl methyl sites for hydroxylation is 1. The lowest BCUT2D eigenvalue weighted by Gasteiger charge is -2.37. The number of hydrogen-bond donors (Lipinski definition) is 1. The summed E-state index contributed by atoms with van der Waals surface area (Å²) in [5.41, 5.74) is -0.224. The minimum Gasteiger partial charge on any atom is -0.372 e. The largest absolute Gasteiger partial charge is 0.372 e. The van der Waals surface area contributed by atoms with Crippen LogP contribution in [0.25, 0.3) is 11.0 Å². The summed E-state index contributed by atoms with van der Waals surface area (Å²) in [6.07, 6.45) is -0.0198. The second kappa shape index (κ2) is 8.19. The average Bonchev–Trinajstić information content (AvgIpc) is 2.75. The molecule has 1 N–H and O–H groups in total. The quantitative estimate of drug-likeness (QED) is 0.664. The van der Waals surface area contributed by atoms with Gasteiger partial charge < -0.3 is 15.0 Å². The number of benzene rings is 1. The van der Waals surface area contributed by atoms with E-state index in [1.165, 1.54) is 36.9 Å². The highest BCUT2D eigenvalue weighted by molar-refractivity contribution is 6.03. The molecule has 0 unspecified atom stereocenters. The third-order valence-corrected chi connectivity index (χ3v) is 5.50. The van der Waals surface area contributed by atoms with E-state index in [9.17, 15) is 18.8 Å². The maximum atomic E-state index is 14.8. The minimum absolute atomic E-state index is 0.000988. The number of rotatable bonds is 3. The van der Waals surface area contributed by atoms with Crippen molar-refractivity contribution in [1.29, 1.82) is 0 Å². The van der Waals surface area contributed by atoms with Gasteiger partial charge in [-0.25, -0.2) is 14.2 Å². The van der Waals surface area contributed by atoms with E-state index in [1.54, 1.807) is 12.1 Å². The van der Waals surface area contributed by atoms with Crippen LogP contribution < -0.4 is 21.5 Å². The van der Waals surface area contributed by atoms with Gasteiger partial charge in [0.15, 0.2) is 0 Å². The number of morpholine rings is 1. The van der Waals surface area contributed by atoms with Gasteiger partial charge in [-0.15, -0.1) is 0 Å². The van der Waals surface area contributed by atoms with Crippen molar-refractivity contribution in [1.82, 2.24) is 14.1 Å². The summed E-state index contributed by atoms with van der Waals surface area (Å²) >= 11 is 0. The molecule has 1 amide bonds. The van der Waals surface area contributed by atoms with E-state index < -0.39 is 23.0 Å². The summed E-state index contributed by atoms with van der Waals surface area (Å²) in [6, 6.07) is 7.34. The standard InChI is InChI=1S/C22H24FN5O4/c1-12-10-28(11-13(2)32-12)18-8-5-14(9-16(18)23)24-20(29)17-7-6-15-19(25-17)26(3)22(31)27(4)21(15)30/h5-9,12-13H,10-11H2,1-4H3,(H,24,29)/t12-,13-/m1/s1. The number of aromatic nitrogens is 3. The molecule has 10 heteroatoms. The van der Waals surface area contributed by atoms with Crippen LogP contribution in [0, 0.1) is 5.82 Å². The molecule has 1 fully saturated rings. The Morgan fingerprint density at radius 1 is 1.09 bits per heavy atom. The van der Waals surface area contributed by atoms with Crippen molar-refractivity contribution in [2.45, 2.75) is 26.1 Å². The topological polar surface area (TPSA) is 98.5 Å². The fraction of sp³-hybridized carbons (Fsp3) is 0.364. The van der Waals surface area contributed by atoms with E-state index in [0.717, 1.165) is 4.57 Å². The predicted octanol–water partition coefficient (Wildman–Crippen LogP) is 1.64. The third-order valence-electron chi connectivity index (χ3n) is 5.50. The Hall–Kier alpha value is -3.53. The van der Waals surface area contributed by atoms with Crippen molar-refractivity contribution < 1.29 is 13.9 Å². The van der Waals surface area contributed by atoms with Crippen LogP contribution in [0.5, 0.6) is 0 Å². The molecule has 32 heavy (non-hydrogen) atoms. The Labute approximate surface area is 183 Å². The molecule has 0 radical (unpaired) electrons. The van der Waals surface area contributed by atoms with Crippen molar-refractivity contribution in [2.75, 3.05) is 23.3 Å². The van der Waals surface area contributed by atoms with Crippen molar-refractivity contribution in [3.63, 3.8) is 0 Å². The van der Waals surface area contributed by atoms with Crippen LogP contribution in [0.2, 0.25) is 0 Å². The van der Waals surface area contributed by atoms with Crippen molar-refractivity contribution in [2.24, 2.45) is 14.1 Å². The number of hydrogen-bond acceptors (Lipinski definition) is 6. The smallest absolute Gasteiger partial charge is 0.332 e. The zero-order chi connectivity index (χ0) is 23.2. The van der Waals surface area contributed by atoms with Gasteiger partial charge in [0.05, 0.1) is 23.3 Å². The van der Waals surface area contributed by atoms with Gasteiger partial charge in [0, 0.05) is 32.9 Å². The summed E-state index contributed by atoms with van der Waals surface area (Å²) in [4.78, 5) is 43.2. The van der Waals surface area contributed by atoms with E-state index >= 15 is 0 Å². The zero-order valence-corrected chi connectivity index (χ0v) is 18.3. The number of anilines is 2. The van der Waals surface area contributed by atoms with Gasteiger partial charge in [0.2, 0.25) is 0 Å². The van der Waals surface area contributed by atoms with Crippen LogP contribution in [0.15, 0.2) is 39.9 Å². The van der Waals surface area contributed by atoms with Crippen LogP contribution in [0.1, 0.15) is 24.3 Å². The van der Waals surface area contributed by atoms with Gasteiger partial charge in [-0.3, -0.25) is 18.7 Å². The highest BCUT2D eigenvalue weighted by Gasteiger charge is 2.24. The number of nitrogens with zero attached hydrogens (tertiary/aromatic N) is 4. The highest BCUT2D eigenvalue weighted by Crippen LogP contribution is 2.26. The average molecular weight is 441 g/mol. The number of amides is 1. The number of ether oxygens (including phenoxy) is 1. The molecule has 2 aromatic heterocycles. The molecule has 3 aromatic rings. The summed E-state index contributed by atoms with van der Waals surface area (Å²) < 4.78 is 22.7. The van der Waals surface area contributed by atoms with Gasteiger partial charge in [-0.05, 0) is 44.2 Å². The Morgan fingerprint density at radius 2 is 1.78 bits per heavy atom. The maximum Gasteiger partial charge on any atom is 0.332 e. The molecular formula is C22H24FN5O4. The lowest BCUT2D eigenvalue weighted by molar-refractivity contribution is -0.00539. The molecule has 0 aliphatic carbocycles. The Balaban J connectivity index is 1.59. The molecule has 168 valence electrons. The fourth-order valence-corrected chi connectivity index (χ4v) is 3.99. The Kier molecular flexibility index (Phi) is 5.55. The Bertz CT molecular complexity index is 1320. The molecule has 2 atom stereocenters. The molecule has 1 aliphatic heterocycles. The van der Waals surface area contributed by atoms with E-state index in [1.807, 2.05) is 18.7 Å². The SMILES string of the molecule is C[C@@H]1CN(c2ccc(NC(=O)c3ccc4c(=O)n(C)c(=O)n(C)c4n3)cc2F)C[C@@H](C)O1. The number of carbonyl (C=O) groups is 1. The first kappa shape index (κ1) is 21.7. The number of halogens is 1. The van der Waals surface area contributed by atoms with Gasteiger partial charge in [-0.1, -0.05) is 0 Å². The monoisotopic (exact) mass is 441 g/mol. The molecule has 1 aromatic carbocycles. The third kappa shape index (κ3) is 3.89. The van der Waals surface area contributed by atoms with E-state index in [2.05, 4.69) is 10.3 Å². The minimum atomic E-state index is -0.583. The number of carbonyl (C=O) groups excluding carboxylic acids is 1. The second-order valence-electron chi connectivity index (χ2n) is 8.06. The number of pyridine rings is 1. The molecule has 1 saturated heterocycles. The molecular weight excluding hydrogens is 417 g/mol. The molecule has 1 aliphatic rings. The molecule has 0 spiro atoms. The summed E-state index contributed by atoms with van der Waals surface area (Å²) in [5.74, 6) is -1.04. The maximum absolute atomic E-state index is 14.8. The number of fused-ring (bicyclic) bond motifs is 1. The zero-order valence-electron chi connectivity index (χ0n) is 18.3. The first-order valence-electron chi connectivity index (χ1n) is 10.2. The Morgan fingerprint density at radius 3 is 2.44 bits per heavy atom. The molecule has 0 bridgehead atoms.